The second-order valence-corrected chi connectivity index (χ2v) is 7.83. The molecule has 7 nitrogen and oxygen atoms in total. The minimum Gasteiger partial charge on any atom is -0.454 e. The Morgan fingerprint density at radius 1 is 1.13 bits per heavy atom. The second-order valence-electron chi connectivity index (χ2n) is 7.83. The van der Waals surface area contributed by atoms with Crippen LogP contribution in [0.4, 0.5) is 5.69 Å². The van der Waals surface area contributed by atoms with Gasteiger partial charge in [-0.25, -0.2) is 0 Å². The first-order valence-corrected chi connectivity index (χ1v) is 10.4. The summed E-state index contributed by atoms with van der Waals surface area (Å²) in [5.41, 5.74) is 1.77. The van der Waals surface area contributed by atoms with Crippen LogP contribution in [0.25, 0.3) is 0 Å². The lowest BCUT2D eigenvalue weighted by molar-refractivity contribution is -0.126. The summed E-state index contributed by atoms with van der Waals surface area (Å²) in [5, 5.41) is 6.01. The van der Waals surface area contributed by atoms with Gasteiger partial charge in [0.2, 0.25) is 18.6 Å². The third kappa shape index (κ3) is 4.91. The summed E-state index contributed by atoms with van der Waals surface area (Å²) < 4.78 is 10.7. The van der Waals surface area contributed by atoms with Gasteiger partial charge in [-0.1, -0.05) is 24.3 Å². The van der Waals surface area contributed by atoms with Gasteiger partial charge in [0.25, 0.3) is 0 Å². The fourth-order valence-corrected chi connectivity index (χ4v) is 3.93. The van der Waals surface area contributed by atoms with Crippen LogP contribution < -0.4 is 20.1 Å². The number of nitrogens with zero attached hydrogens (tertiary/aromatic N) is 1. The van der Waals surface area contributed by atoms with Gasteiger partial charge in [0.05, 0.1) is 18.5 Å². The zero-order chi connectivity index (χ0) is 20.9. The van der Waals surface area contributed by atoms with Crippen molar-refractivity contribution in [1.29, 1.82) is 0 Å². The number of nitrogens with one attached hydrogen (secondary N) is 2. The molecule has 2 atom stereocenters. The number of carbonyl (C=O) groups excluding carboxylic acids is 2. The lowest BCUT2D eigenvalue weighted by atomic mass is 9.97. The molecule has 7 heteroatoms. The molecule has 0 unspecified atom stereocenters. The zero-order valence-corrected chi connectivity index (χ0v) is 17.1. The number of amides is 2. The van der Waals surface area contributed by atoms with Crippen LogP contribution in [0.5, 0.6) is 11.5 Å². The quantitative estimate of drug-likeness (QED) is 0.767. The predicted molar refractivity (Wildman–Crippen MR) is 113 cm³/mol. The molecule has 2 amide bonds. The Hall–Kier alpha value is -3.06. The second kappa shape index (κ2) is 9.17. The molecule has 1 saturated heterocycles. The SMILES string of the molecule is C[C@H](NC(=O)CN1CCC[C@@H](C(=O)Nc2ccccc2)C1)c1ccc2c(c1)OCO2. The molecule has 0 aromatic heterocycles. The standard InChI is InChI=1S/C23H27N3O4/c1-16(17-9-10-20-21(12-17)30-15-29-20)24-22(27)14-26-11-5-6-18(13-26)23(28)25-19-7-3-2-4-8-19/h2-4,7-10,12,16,18H,5-6,11,13-15H2,1H3,(H,24,27)(H,25,28)/t16-,18+/m0/s1. The molecule has 2 N–H and O–H groups in total. The molecule has 2 heterocycles. The zero-order valence-electron chi connectivity index (χ0n) is 17.1. The van der Waals surface area contributed by atoms with E-state index in [1.807, 2.05) is 55.5 Å². The number of para-hydroxylation sites is 1. The van der Waals surface area contributed by atoms with E-state index in [4.69, 9.17) is 9.47 Å². The molecular weight excluding hydrogens is 382 g/mol. The van der Waals surface area contributed by atoms with Gasteiger partial charge in [0, 0.05) is 12.2 Å². The number of hydrogen-bond acceptors (Lipinski definition) is 5. The summed E-state index contributed by atoms with van der Waals surface area (Å²) in [6, 6.07) is 15.0. The molecular formula is C23H27N3O4. The van der Waals surface area contributed by atoms with E-state index in [2.05, 4.69) is 15.5 Å². The third-order valence-corrected chi connectivity index (χ3v) is 5.56. The third-order valence-electron chi connectivity index (χ3n) is 5.56. The van der Waals surface area contributed by atoms with Gasteiger partial charge < -0.3 is 20.1 Å². The van der Waals surface area contributed by atoms with E-state index in [1.165, 1.54) is 0 Å². The number of piperidine rings is 1. The van der Waals surface area contributed by atoms with Crippen molar-refractivity contribution in [2.24, 2.45) is 5.92 Å². The van der Waals surface area contributed by atoms with Crippen LogP contribution in [0.15, 0.2) is 48.5 Å². The fraction of sp³-hybridized carbons (Fsp3) is 0.391. The van der Waals surface area contributed by atoms with Gasteiger partial charge in [-0.3, -0.25) is 14.5 Å². The average molecular weight is 409 g/mol. The number of fused-ring (bicyclic) bond motifs is 1. The van der Waals surface area contributed by atoms with E-state index >= 15 is 0 Å². The maximum absolute atomic E-state index is 12.6. The number of anilines is 1. The van der Waals surface area contributed by atoms with E-state index in [1.54, 1.807) is 0 Å². The predicted octanol–water partition coefficient (Wildman–Crippen LogP) is 2.94. The van der Waals surface area contributed by atoms with Crippen LogP contribution in [-0.2, 0) is 9.59 Å². The number of hydrogen-bond donors (Lipinski definition) is 2. The Bertz CT molecular complexity index is 903. The number of likely N-dealkylation sites (tertiary alicyclic amines) is 1. The molecule has 158 valence electrons. The van der Waals surface area contributed by atoms with Crippen molar-refractivity contribution in [3.63, 3.8) is 0 Å². The van der Waals surface area contributed by atoms with Gasteiger partial charge in [0.15, 0.2) is 11.5 Å². The number of carbonyl (C=O) groups is 2. The van der Waals surface area contributed by atoms with E-state index in [0.29, 0.717) is 12.3 Å². The largest absolute Gasteiger partial charge is 0.454 e. The van der Waals surface area contributed by atoms with E-state index in [0.717, 1.165) is 36.4 Å². The van der Waals surface area contributed by atoms with Gasteiger partial charge in [-0.15, -0.1) is 0 Å². The lowest BCUT2D eigenvalue weighted by Gasteiger charge is -2.31. The van der Waals surface area contributed by atoms with Gasteiger partial charge in [-0.05, 0) is 56.1 Å². The first-order chi connectivity index (χ1) is 14.6. The highest BCUT2D eigenvalue weighted by molar-refractivity contribution is 5.92. The number of rotatable bonds is 6. The Kier molecular flexibility index (Phi) is 6.18. The van der Waals surface area contributed by atoms with Crippen molar-refractivity contribution in [3.8, 4) is 11.5 Å². The normalized spacial score (nSPS) is 19.2. The summed E-state index contributed by atoms with van der Waals surface area (Å²) in [6.07, 6.45) is 1.74. The van der Waals surface area contributed by atoms with Crippen molar-refractivity contribution in [2.45, 2.75) is 25.8 Å². The number of benzene rings is 2. The van der Waals surface area contributed by atoms with Gasteiger partial charge in [0.1, 0.15) is 0 Å². The Morgan fingerprint density at radius 2 is 1.93 bits per heavy atom. The molecule has 2 aliphatic heterocycles. The Balaban J connectivity index is 1.28. The van der Waals surface area contributed by atoms with E-state index in [-0.39, 0.29) is 37.1 Å². The van der Waals surface area contributed by atoms with E-state index in [9.17, 15) is 9.59 Å². The summed E-state index contributed by atoms with van der Waals surface area (Å²) in [6.45, 7) is 3.87. The summed E-state index contributed by atoms with van der Waals surface area (Å²) in [4.78, 5) is 27.2. The monoisotopic (exact) mass is 409 g/mol. The molecule has 2 aromatic carbocycles. The summed E-state index contributed by atoms with van der Waals surface area (Å²) in [5.74, 6) is 1.28. The van der Waals surface area contributed by atoms with Crippen molar-refractivity contribution < 1.29 is 19.1 Å². The first kappa shape index (κ1) is 20.2. The van der Waals surface area contributed by atoms with Crippen LogP contribution in [0.2, 0.25) is 0 Å². The highest BCUT2D eigenvalue weighted by atomic mass is 16.7. The fourth-order valence-electron chi connectivity index (χ4n) is 3.93. The molecule has 0 spiro atoms. The topological polar surface area (TPSA) is 79.9 Å². The first-order valence-electron chi connectivity index (χ1n) is 10.4. The molecule has 2 aliphatic rings. The van der Waals surface area contributed by atoms with Crippen molar-refractivity contribution in [1.82, 2.24) is 10.2 Å². The molecule has 2 aromatic rings. The minimum absolute atomic E-state index is 0.0139. The molecule has 0 saturated carbocycles. The molecule has 30 heavy (non-hydrogen) atoms. The maximum atomic E-state index is 12.6. The van der Waals surface area contributed by atoms with Crippen molar-refractivity contribution >= 4 is 17.5 Å². The summed E-state index contributed by atoms with van der Waals surface area (Å²) >= 11 is 0. The van der Waals surface area contributed by atoms with Gasteiger partial charge in [-0.2, -0.15) is 0 Å². The molecule has 1 fully saturated rings. The lowest BCUT2D eigenvalue weighted by Crippen LogP contribution is -2.45. The Morgan fingerprint density at radius 3 is 2.77 bits per heavy atom. The van der Waals surface area contributed by atoms with E-state index < -0.39 is 0 Å². The molecule has 0 bridgehead atoms. The van der Waals surface area contributed by atoms with Gasteiger partial charge >= 0.3 is 0 Å². The highest BCUT2D eigenvalue weighted by Crippen LogP contribution is 2.34. The number of ether oxygens (including phenoxy) is 2. The molecule has 0 radical (unpaired) electrons. The van der Waals surface area contributed by atoms with Crippen LogP contribution in [0.1, 0.15) is 31.4 Å². The van der Waals surface area contributed by atoms with Crippen LogP contribution in [0, 0.1) is 5.92 Å². The van der Waals surface area contributed by atoms with Crippen LogP contribution in [-0.4, -0.2) is 43.1 Å². The maximum Gasteiger partial charge on any atom is 0.234 e. The smallest absolute Gasteiger partial charge is 0.234 e. The van der Waals surface area contributed by atoms with Crippen LogP contribution >= 0.6 is 0 Å². The van der Waals surface area contributed by atoms with Crippen molar-refractivity contribution in [3.05, 3.63) is 54.1 Å². The highest BCUT2D eigenvalue weighted by Gasteiger charge is 2.27. The molecule has 0 aliphatic carbocycles. The Labute approximate surface area is 176 Å². The minimum atomic E-state index is -0.144. The molecule has 4 rings (SSSR count). The average Bonchev–Trinajstić information content (AvgIpc) is 3.22. The summed E-state index contributed by atoms with van der Waals surface area (Å²) in [7, 11) is 0. The van der Waals surface area contributed by atoms with Crippen LogP contribution in [0.3, 0.4) is 0 Å². The van der Waals surface area contributed by atoms with Crippen molar-refractivity contribution in [2.75, 3.05) is 31.7 Å².